The van der Waals surface area contributed by atoms with E-state index < -0.39 is 23.6 Å². The molecule has 0 aliphatic rings. The van der Waals surface area contributed by atoms with Crippen molar-refractivity contribution in [2.45, 2.75) is 78.0 Å². The number of aromatic hydroxyl groups is 1. The quantitative estimate of drug-likeness (QED) is 0.325. The molecule has 0 heterocycles. The molecule has 2 aromatic carbocycles. The van der Waals surface area contributed by atoms with Crippen LogP contribution >= 0.6 is 0 Å². The molecule has 3 amide bonds. The van der Waals surface area contributed by atoms with E-state index in [9.17, 15) is 19.5 Å². The summed E-state index contributed by atoms with van der Waals surface area (Å²) in [7, 11) is 0. The fourth-order valence-corrected chi connectivity index (χ4v) is 3.90. The molecule has 8 heteroatoms. The second kappa shape index (κ2) is 14.9. The Balaban J connectivity index is 2.27. The molecule has 2 aromatic rings. The van der Waals surface area contributed by atoms with Crippen LogP contribution in [0.4, 0.5) is 4.79 Å². The van der Waals surface area contributed by atoms with Crippen LogP contribution in [0, 0.1) is 0 Å². The molecule has 1 unspecified atom stereocenters. The van der Waals surface area contributed by atoms with Gasteiger partial charge in [-0.15, -0.1) is 0 Å². The molecular weight excluding hydrogens is 470 g/mol. The first-order valence-electron chi connectivity index (χ1n) is 13.0. The van der Waals surface area contributed by atoms with Gasteiger partial charge in [-0.3, -0.25) is 9.59 Å². The molecule has 0 spiro atoms. The average molecular weight is 512 g/mol. The number of phenolic OH excluding ortho intramolecular Hbond substituents is 1. The minimum atomic E-state index is -0.977. The number of phenols is 1. The molecule has 0 aromatic heterocycles. The van der Waals surface area contributed by atoms with Crippen LogP contribution < -0.4 is 10.6 Å². The highest BCUT2D eigenvalue weighted by Gasteiger charge is 2.31. The number of carbonyl (C=O) groups excluding carboxylic acids is 3. The lowest BCUT2D eigenvalue weighted by atomic mass is 10.0. The predicted molar refractivity (Wildman–Crippen MR) is 144 cm³/mol. The molecular formula is C29H41N3O5. The lowest BCUT2D eigenvalue weighted by Crippen LogP contribution is -2.48. The normalized spacial score (nSPS) is 11.9. The van der Waals surface area contributed by atoms with Gasteiger partial charge < -0.3 is 25.4 Å². The van der Waals surface area contributed by atoms with E-state index in [2.05, 4.69) is 17.6 Å². The van der Waals surface area contributed by atoms with Crippen molar-refractivity contribution in [2.24, 2.45) is 0 Å². The summed E-state index contributed by atoms with van der Waals surface area (Å²) in [5.41, 5.74) is 0.715. The van der Waals surface area contributed by atoms with Gasteiger partial charge in [0.05, 0.1) is 0 Å². The maximum absolute atomic E-state index is 13.5. The second-order valence-corrected chi connectivity index (χ2v) is 10.1. The van der Waals surface area contributed by atoms with E-state index in [0.29, 0.717) is 25.1 Å². The molecule has 3 N–H and O–H groups in total. The number of nitrogens with zero attached hydrogens (tertiary/aromatic N) is 1. The number of ether oxygens (including phenoxy) is 1. The Labute approximate surface area is 220 Å². The van der Waals surface area contributed by atoms with Gasteiger partial charge in [0, 0.05) is 13.1 Å². The number of alkyl carbamates (subject to hydrolysis) is 1. The molecule has 0 fully saturated rings. The van der Waals surface area contributed by atoms with Gasteiger partial charge in [-0.2, -0.15) is 0 Å². The van der Waals surface area contributed by atoms with Gasteiger partial charge in [-0.1, -0.05) is 75.1 Å². The zero-order valence-electron chi connectivity index (χ0n) is 22.5. The first kappa shape index (κ1) is 29.7. The van der Waals surface area contributed by atoms with Crippen molar-refractivity contribution in [1.82, 2.24) is 15.5 Å². The summed E-state index contributed by atoms with van der Waals surface area (Å²) >= 11 is 0. The van der Waals surface area contributed by atoms with Crippen molar-refractivity contribution in [3.63, 3.8) is 0 Å². The van der Waals surface area contributed by atoms with Gasteiger partial charge in [0.1, 0.15) is 23.9 Å². The third kappa shape index (κ3) is 10.9. The van der Waals surface area contributed by atoms with Crippen molar-refractivity contribution in [2.75, 3.05) is 13.1 Å². The van der Waals surface area contributed by atoms with Crippen LogP contribution in [0.5, 0.6) is 5.75 Å². The van der Waals surface area contributed by atoms with Crippen LogP contribution in [-0.2, 0) is 20.9 Å². The predicted octanol–water partition coefficient (Wildman–Crippen LogP) is 5.07. The highest BCUT2D eigenvalue weighted by atomic mass is 16.6. The van der Waals surface area contributed by atoms with Gasteiger partial charge in [-0.25, -0.2) is 4.79 Å². The Kier molecular flexibility index (Phi) is 11.9. The lowest BCUT2D eigenvalue weighted by molar-refractivity contribution is -0.140. The van der Waals surface area contributed by atoms with Crippen molar-refractivity contribution >= 4 is 17.9 Å². The van der Waals surface area contributed by atoms with E-state index in [-0.39, 0.29) is 18.2 Å². The molecule has 202 valence electrons. The van der Waals surface area contributed by atoms with E-state index in [1.165, 1.54) is 17.0 Å². The van der Waals surface area contributed by atoms with Crippen molar-refractivity contribution in [3.05, 3.63) is 65.7 Å². The molecule has 0 saturated heterocycles. The maximum atomic E-state index is 13.5. The van der Waals surface area contributed by atoms with Crippen LogP contribution in [0.15, 0.2) is 54.6 Å². The first-order valence-corrected chi connectivity index (χ1v) is 13.0. The summed E-state index contributed by atoms with van der Waals surface area (Å²) in [6.45, 7) is 7.67. The molecule has 2 rings (SSSR count). The number of unbranched alkanes of at least 4 members (excludes halogenated alkanes) is 4. The fraction of sp³-hybridized carbons (Fsp3) is 0.483. The number of hydrogen-bond acceptors (Lipinski definition) is 5. The Morgan fingerprint density at radius 3 is 2.30 bits per heavy atom. The lowest BCUT2D eigenvalue weighted by Gasteiger charge is -2.32. The fourth-order valence-electron chi connectivity index (χ4n) is 3.90. The summed E-state index contributed by atoms with van der Waals surface area (Å²) < 4.78 is 5.26. The molecule has 0 saturated carbocycles. The van der Waals surface area contributed by atoms with Crippen LogP contribution in [0.2, 0.25) is 0 Å². The SMILES string of the molecule is CCCCCCCN(C(=O)CNC(=O)OC(C)(C)C)C(C(=O)NCc1ccccc1)c1cccc(O)c1. The highest BCUT2D eigenvalue weighted by molar-refractivity contribution is 5.90. The Hall–Kier alpha value is -3.55. The van der Waals surface area contributed by atoms with E-state index in [1.54, 1.807) is 32.9 Å². The van der Waals surface area contributed by atoms with E-state index >= 15 is 0 Å². The Bertz CT molecular complexity index is 1000. The summed E-state index contributed by atoms with van der Waals surface area (Å²) in [6.07, 6.45) is 4.14. The maximum Gasteiger partial charge on any atom is 0.408 e. The minimum absolute atomic E-state index is 0.000541. The number of amides is 3. The Morgan fingerprint density at radius 2 is 1.65 bits per heavy atom. The molecule has 0 aliphatic heterocycles. The zero-order valence-corrected chi connectivity index (χ0v) is 22.5. The molecule has 0 aliphatic carbocycles. The monoisotopic (exact) mass is 511 g/mol. The van der Waals surface area contributed by atoms with Gasteiger partial charge in [0.25, 0.3) is 0 Å². The van der Waals surface area contributed by atoms with Crippen LogP contribution in [-0.4, -0.2) is 46.6 Å². The van der Waals surface area contributed by atoms with E-state index in [1.807, 2.05) is 30.3 Å². The average Bonchev–Trinajstić information content (AvgIpc) is 2.84. The number of benzene rings is 2. The largest absolute Gasteiger partial charge is 0.508 e. The number of nitrogens with one attached hydrogen (secondary N) is 2. The minimum Gasteiger partial charge on any atom is -0.508 e. The van der Waals surface area contributed by atoms with Crippen molar-refractivity contribution < 1.29 is 24.2 Å². The second-order valence-electron chi connectivity index (χ2n) is 10.1. The van der Waals surface area contributed by atoms with E-state index in [0.717, 1.165) is 31.2 Å². The van der Waals surface area contributed by atoms with Crippen molar-refractivity contribution in [1.29, 1.82) is 0 Å². The van der Waals surface area contributed by atoms with Crippen LogP contribution in [0.25, 0.3) is 0 Å². The van der Waals surface area contributed by atoms with Crippen LogP contribution in [0.3, 0.4) is 0 Å². The van der Waals surface area contributed by atoms with Gasteiger partial charge in [-0.05, 0) is 50.5 Å². The number of rotatable bonds is 13. The third-order valence-electron chi connectivity index (χ3n) is 5.66. The van der Waals surface area contributed by atoms with Gasteiger partial charge in [0.15, 0.2) is 0 Å². The third-order valence-corrected chi connectivity index (χ3v) is 5.66. The topological polar surface area (TPSA) is 108 Å². The zero-order chi connectivity index (χ0) is 27.3. The molecule has 8 nitrogen and oxygen atoms in total. The molecule has 1 atom stereocenters. The van der Waals surface area contributed by atoms with Gasteiger partial charge >= 0.3 is 6.09 Å². The number of carbonyl (C=O) groups is 3. The summed E-state index contributed by atoms with van der Waals surface area (Å²) in [4.78, 5) is 40.6. The summed E-state index contributed by atoms with van der Waals surface area (Å²) in [6, 6.07) is 14.9. The van der Waals surface area contributed by atoms with Gasteiger partial charge in [0.2, 0.25) is 11.8 Å². The summed E-state index contributed by atoms with van der Waals surface area (Å²) in [5, 5.41) is 15.6. The van der Waals surface area contributed by atoms with E-state index in [4.69, 9.17) is 4.74 Å². The smallest absolute Gasteiger partial charge is 0.408 e. The van der Waals surface area contributed by atoms with Crippen LogP contribution in [0.1, 0.15) is 77.0 Å². The molecule has 0 bridgehead atoms. The molecule has 37 heavy (non-hydrogen) atoms. The standard InChI is InChI=1S/C29H41N3O5/c1-5-6-7-8-12-18-32(25(34)21-31-28(36)37-29(2,3)4)26(23-16-13-17-24(33)19-23)27(35)30-20-22-14-10-9-11-15-22/h9-11,13-17,19,26,33H,5-8,12,18,20-21H2,1-4H3,(H,30,35)(H,31,36). The molecule has 0 radical (unpaired) electrons. The Morgan fingerprint density at radius 1 is 0.946 bits per heavy atom. The summed E-state index contributed by atoms with van der Waals surface area (Å²) in [5.74, 6) is -0.779. The number of hydrogen-bond donors (Lipinski definition) is 3. The van der Waals surface area contributed by atoms with Crippen molar-refractivity contribution in [3.8, 4) is 5.75 Å². The highest BCUT2D eigenvalue weighted by Crippen LogP contribution is 2.26. The first-order chi connectivity index (χ1) is 17.6.